The van der Waals surface area contributed by atoms with E-state index in [-0.39, 0.29) is 12.2 Å². The van der Waals surface area contributed by atoms with Crippen LogP contribution in [0.1, 0.15) is 50.7 Å². The third kappa shape index (κ3) is 5.00. The number of unbranched alkanes of at least 4 members (excludes halogenated alkanes) is 4. The summed E-state index contributed by atoms with van der Waals surface area (Å²) in [7, 11) is 0. The van der Waals surface area contributed by atoms with Gasteiger partial charge in [-0.2, -0.15) is 0 Å². The summed E-state index contributed by atoms with van der Waals surface area (Å²) in [5.41, 5.74) is 1.17. The minimum absolute atomic E-state index is 0.0179. The highest BCUT2D eigenvalue weighted by atomic mass is 16.6. The van der Waals surface area contributed by atoms with Crippen LogP contribution in [-0.4, -0.2) is 19.3 Å². The summed E-state index contributed by atoms with van der Waals surface area (Å²) >= 11 is 0. The van der Waals surface area contributed by atoms with Crippen LogP contribution < -0.4 is 0 Å². The largest absolute Gasteiger partial charge is 0.375 e. The fourth-order valence-electron chi connectivity index (χ4n) is 2.30. The number of hydrogen-bond acceptors (Lipinski definition) is 2. The third-order valence-electron chi connectivity index (χ3n) is 3.46. The smallest absolute Gasteiger partial charge is 0.142 e. The molecule has 1 aliphatic rings. The molecule has 0 radical (unpaired) electrons. The van der Waals surface area contributed by atoms with Gasteiger partial charge in [0.15, 0.2) is 0 Å². The SMILES string of the molecule is CCCCCCC#C[C@H]1COC[C@@H](c2ccccc2)O1. The molecule has 1 heterocycles. The van der Waals surface area contributed by atoms with Crippen molar-refractivity contribution in [2.75, 3.05) is 13.2 Å². The van der Waals surface area contributed by atoms with Gasteiger partial charge in [-0.25, -0.2) is 0 Å². The zero-order valence-electron chi connectivity index (χ0n) is 12.3. The second kappa shape index (κ2) is 8.79. The minimum atomic E-state index is -0.0832. The molecule has 1 fully saturated rings. The quantitative estimate of drug-likeness (QED) is 0.593. The Morgan fingerprint density at radius 1 is 1.10 bits per heavy atom. The molecule has 0 bridgehead atoms. The molecule has 0 spiro atoms. The van der Waals surface area contributed by atoms with Gasteiger partial charge in [0, 0.05) is 6.42 Å². The first kappa shape index (κ1) is 15.1. The summed E-state index contributed by atoms with van der Waals surface area (Å²) in [5, 5.41) is 0. The van der Waals surface area contributed by atoms with Gasteiger partial charge < -0.3 is 9.47 Å². The summed E-state index contributed by atoms with van der Waals surface area (Å²) in [5.74, 6) is 6.43. The van der Waals surface area contributed by atoms with Gasteiger partial charge in [0.2, 0.25) is 0 Å². The maximum atomic E-state index is 6.00. The normalized spacial score (nSPS) is 22.1. The van der Waals surface area contributed by atoms with Crippen molar-refractivity contribution < 1.29 is 9.47 Å². The van der Waals surface area contributed by atoms with Crippen molar-refractivity contribution in [2.24, 2.45) is 0 Å². The van der Waals surface area contributed by atoms with Crippen LogP contribution in [0.5, 0.6) is 0 Å². The molecule has 2 rings (SSSR count). The summed E-state index contributed by atoms with van der Waals surface area (Å²) in [4.78, 5) is 0. The topological polar surface area (TPSA) is 18.5 Å². The molecule has 1 aromatic rings. The first-order valence-electron chi connectivity index (χ1n) is 7.66. The summed E-state index contributed by atoms with van der Waals surface area (Å²) < 4.78 is 11.6. The van der Waals surface area contributed by atoms with Crippen LogP contribution in [0.4, 0.5) is 0 Å². The molecule has 2 heteroatoms. The Balaban J connectivity index is 1.78. The van der Waals surface area contributed by atoms with Gasteiger partial charge in [-0.3, -0.25) is 0 Å². The van der Waals surface area contributed by atoms with E-state index in [1.165, 1.54) is 31.2 Å². The fourth-order valence-corrected chi connectivity index (χ4v) is 2.30. The van der Waals surface area contributed by atoms with Crippen molar-refractivity contribution in [1.82, 2.24) is 0 Å². The van der Waals surface area contributed by atoms with Gasteiger partial charge in [-0.1, -0.05) is 62.4 Å². The molecule has 108 valence electrons. The summed E-state index contributed by atoms with van der Waals surface area (Å²) in [6.45, 7) is 3.44. The molecule has 0 unspecified atom stereocenters. The van der Waals surface area contributed by atoms with E-state index >= 15 is 0 Å². The Morgan fingerprint density at radius 3 is 2.75 bits per heavy atom. The molecule has 2 nitrogen and oxygen atoms in total. The lowest BCUT2D eigenvalue weighted by Gasteiger charge is -2.27. The monoisotopic (exact) mass is 272 g/mol. The first-order chi connectivity index (χ1) is 9.90. The summed E-state index contributed by atoms with van der Waals surface area (Å²) in [6, 6.07) is 10.2. The first-order valence-corrected chi connectivity index (χ1v) is 7.66. The average Bonchev–Trinajstić information content (AvgIpc) is 2.52. The molecular formula is C18H24O2. The predicted molar refractivity (Wildman–Crippen MR) is 81.4 cm³/mol. The van der Waals surface area contributed by atoms with Crippen LogP contribution in [-0.2, 0) is 9.47 Å². The van der Waals surface area contributed by atoms with Gasteiger partial charge in [-0.05, 0) is 12.0 Å². The maximum absolute atomic E-state index is 6.00. The number of benzene rings is 1. The fraction of sp³-hybridized carbons (Fsp3) is 0.556. The highest BCUT2D eigenvalue weighted by molar-refractivity contribution is 5.18. The summed E-state index contributed by atoms with van der Waals surface area (Å²) in [6.07, 6.45) is 5.95. The van der Waals surface area contributed by atoms with Gasteiger partial charge >= 0.3 is 0 Å². The molecule has 1 aromatic carbocycles. The molecular weight excluding hydrogens is 248 g/mol. The molecule has 0 saturated carbocycles. The Hall–Kier alpha value is -1.30. The zero-order valence-corrected chi connectivity index (χ0v) is 12.3. The maximum Gasteiger partial charge on any atom is 0.142 e. The van der Waals surface area contributed by atoms with E-state index in [9.17, 15) is 0 Å². The van der Waals surface area contributed by atoms with E-state index in [2.05, 4.69) is 30.9 Å². The molecule has 0 aliphatic carbocycles. The van der Waals surface area contributed by atoms with Crippen LogP contribution in [0.15, 0.2) is 30.3 Å². The number of rotatable bonds is 5. The van der Waals surface area contributed by atoms with Crippen molar-refractivity contribution in [1.29, 1.82) is 0 Å². The second-order valence-electron chi connectivity index (χ2n) is 5.19. The van der Waals surface area contributed by atoms with Crippen LogP contribution in [0.25, 0.3) is 0 Å². The third-order valence-corrected chi connectivity index (χ3v) is 3.46. The van der Waals surface area contributed by atoms with Crippen molar-refractivity contribution >= 4 is 0 Å². The molecule has 2 atom stereocenters. The minimum Gasteiger partial charge on any atom is -0.375 e. The van der Waals surface area contributed by atoms with Gasteiger partial charge in [0.05, 0.1) is 13.2 Å². The Labute approximate surface area is 122 Å². The standard InChI is InChI=1S/C18H24O2/c1-2-3-4-5-6-10-13-17-14-19-15-18(20-17)16-11-8-7-9-12-16/h7-9,11-12,17-18H,2-6,14-15H2,1H3/t17-,18-/m0/s1. The van der Waals surface area contributed by atoms with Crippen LogP contribution >= 0.6 is 0 Å². The zero-order chi connectivity index (χ0) is 14.0. The van der Waals surface area contributed by atoms with Crippen LogP contribution in [0.3, 0.4) is 0 Å². The highest BCUT2D eigenvalue weighted by Crippen LogP contribution is 2.23. The van der Waals surface area contributed by atoms with Gasteiger partial charge in [0.1, 0.15) is 12.2 Å². The van der Waals surface area contributed by atoms with Crippen molar-refractivity contribution in [3.05, 3.63) is 35.9 Å². The van der Waals surface area contributed by atoms with E-state index in [0.29, 0.717) is 13.2 Å². The Kier molecular flexibility index (Phi) is 6.63. The second-order valence-corrected chi connectivity index (χ2v) is 5.19. The van der Waals surface area contributed by atoms with E-state index in [4.69, 9.17) is 9.47 Å². The molecule has 0 amide bonds. The molecule has 1 aliphatic heterocycles. The molecule has 1 saturated heterocycles. The van der Waals surface area contributed by atoms with E-state index in [1.807, 2.05) is 18.2 Å². The van der Waals surface area contributed by atoms with Crippen molar-refractivity contribution in [3.63, 3.8) is 0 Å². The Morgan fingerprint density at radius 2 is 1.95 bits per heavy atom. The van der Waals surface area contributed by atoms with Crippen molar-refractivity contribution in [2.45, 2.75) is 51.2 Å². The van der Waals surface area contributed by atoms with E-state index in [0.717, 1.165) is 6.42 Å². The lowest BCUT2D eigenvalue weighted by molar-refractivity contribution is -0.118. The number of ether oxygens (including phenoxy) is 2. The van der Waals surface area contributed by atoms with Gasteiger partial charge in [0.25, 0.3) is 0 Å². The highest BCUT2D eigenvalue weighted by Gasteiger charge is 2.22. The molecule has 0 aromatic heterocycles. The van der Waals surface area contributed by atoms with Crippen LogP contribution in [0, 0.1) is 11.8 Å². The van der Waals surface area contributed by atoms with E-state index in [1.54, 1.807) is 0 Å². The van der Waals surface area contributed by atoms with Crippen molar-refractivity contribution in [3.8, 4) is 11.8 Å². The van der Waals surface area contributed by atoms with Gasteiger partial charge in [-0.15, -0.1) is 5.92 Å². The molecule has 0 N–H and O–H groups in total. The average molecular weight is 272 g/mol. The predicted octanol–water partition coefficient (Wildman–Crippen LogP) is 4.12. The molecule has 20 heavy (non-hydrogen) atoms. The Bertz CT molecular complexity index is 430. The van der Waals surface area contributed by atoms with Crippen LogP contribution in [0.2, 0.25) is 0 Å². The number of hydrogen-bond donors (Lipinski definition) is 0. The lowest BCUT2D eigenvalue weighted by atomic mass is 10.1. The van der Waals surface area contributed by atoms with E-state index < -0.39 is 0 Å². The lowest BCUT2D eigenvalue weighted by Crippen LogP contribution is -2.30.